The van der Waals surface area contributed by atoms with Gasteiger partial charge < -0.3 is 10.0 Å². The van der Waals surface area contributed by atoms with E-state index in [1.807, 2.05) is 16.8 Å². The summed E-state index contributed by atoms with van der Waals surface area (Å²) in [6.45, 7) is 8.85. The van der Waals surface area contributed by atoms with Crippen LogP contribution in [-0.4, -0.2) is 60.1 Å². The minimum atomic E-state index is -0.296. The molecule has 1 unspecified atom stereocenters. The lowest BCUT2D eigenvalue weighted by molar-refractivity contribution is -0.132. The molecule has 0 spiro atoms. The highest BCUT2D eigenvalue weighted by molar-refractivity contribution is 5.78. The van der Waals surface area contributed by atoms with Crippen LogP contribution in [0, 0.1) is 0 Å². The van der Waals surface area contributed by atoms with Gasteiger partial charge in [0.25, 0.3) is 0 Å². The first-order valence-corrected chi connectivity index (χ1v) is 6.65. The smallest absolute Gasteiger partial charge is 0.236 e. The Labute approximate surface area is 106 Å². The fraction of sp³-hybridized carbons (Fsp3) is 0.923. The summed E-state index contributed by atoms with van der Waals surface area (Å²) in [6.07, 6.45) is 2.42. The van der Waals surface area contributed by atoms with Crippen molar-refractivity contribution in [1.82, 2.24) is 9.80 Å². The summed E-state index contributed by atoms with van der Waals surface area (Å²) in [4.78, 5) is 15.9. The molecular formula is C13H28N2O2. The van der Waals surface area contributed by atoms with Gasteiger partial charge >= 0.3 is 0 Å². The number of nitrogens with zero attached hydrogens (tertiary/aromatic N) is 2. The Balaban J connectivity index is 4.01. The van der Waals surface area contributed by atoms with Crippen molar-refractivity contribution < 1.29 is 9.90 Å². The number of aliphatic hydroxyl groups is 1. The van der Waals surface area contributed by atoms with E-state index in [0.29, 0.717) is 13.0 Å². The first-order valence-electron chi connectivity index (χ1n) is 6.65. The van der Waals surface area contributed by atoms with Gasteiger partial charge in [-0.15, -0.1) is 0 Å². The Morgan fingerprint density at radius 1 is 1.18 bits per heavy atom. The van der Waals surface area contributed by atoms with E-state index < -0.39 is 0 Å². The van der Waals surface area contributed by atoms with Gasteiger partial charge in [0.15, 0.2) is 0 Å². The molecule has 0 aliphatic carbocycles. The van der Waals surface area contributed by atoms with Gasteiger partial charge in [0.05, 0.1) is 12.6 Å². The van der Waals surface area contributed by atoms with Crippen molar-refractivity contribution in [2.24, 2.45) is 0 Å². The number of likely N-dealkylation sites (N-methyl/N-ethyl adjacent to an activating group) is 1. The standard InChI is InChI=1S/C13H28N2O2/c1-5-8-15(9-6-2)13(17)11-14(4)10-7-12(3)16/h12,16H,5-11H2,1-4H3. The molecule has 0 aliphatic heterocycles. The third-order valence-corrected chi connectivity index (χ3v) is 2.67. The summed E-state index contributed by atoms with van der Waals surface area (Å²) in [5.41, 5.74) is 0. The van der Waals surface area contributed by atoms with Crippen molar-refractivity contribution >= 4 is 5.91 Å². The maximum atomic E-state index is 12.0. The van der Waals surface area contributed by atoms with Crippen LogP contribution in [0.15, 0.2) is 0 Å². The lowest BCUT2D eigenvalue weighted by atomic mass is 10.2. The second kappa shape index (κ2) is 9.42. The zero-order valence-corrected chi connectivity index (χ0v) is 11.8. The molecule has 1 N–H and O–H groups in total. The molecule has 0 heterocycles. The molecule has 0 saturated carbocycles. The molecule has 0 aliphatic rings. The Kier molecular flexibility index (Phi) is 9.09. The van der Waals surface area contributed by atoms with Gasteiger partial charge in [-0.1, -0.05) is 13.8 Å². The van der Waals surface area contributed by atoms with Crippen LogP contribution >= 0.6 is 0 Å². The third-order valence-electron chi connectivity index (χ3n) is 2.67. The molecule has 0 aromatic heterocycles. The van der Waals surface area contributed by atoms with Crippen molar-refractivity contribution in [2.75, 3.05) is 33.2 Å². The molecule has 102 valence electrons. The van der Waals surface area contributed by atoms with E-state index >= 15 is 0 Å². The van der Waals surface area contributed by atoms with Crippen LogP contribution in [0.2, 0.25) is 0 Å². The first kappa shape index (κ1) is 16.4. The van der Waals surface area contributed by atoms with E-state index in [2.05, 4.69) is 13.8 Å². The molecule has 0 fully saturated rings. The quantitative estimate of drug-likeness (QED) is 0.665. The normalized spacial score (nSPS) is 12.8. The predicted molar refractivity (Wildman–Crippen MR) is 71.0 cm³/mol. The Morgan fingerprint density at radius 2 is 1.71 bits per heavy atom. The number of aliphatic hydroxyl groups excluding tert-OH is 1. The fourth-order valence-corrected chi connectivity index (χ4v) is 1.72. The minimum absolute atomic E-state index is 0.196. The summed E-state index contributed by atoms with van der Waals surface area (Å²) in [5.74, 6) is 0.196. The topological polar surface area (TPSA) is 43.8 Å². The fourth-order valence-electron chi connectivity index (χ4n) is 1.72. The molecule has 4 heteroatoms. The maximum Gasteiger partial charge on any atom is 0.236 e. The van der Waals surface area contributed by atoms with Crippen molar-refractivity contribution in [3.05, 3.63) is 0 Å². The molecule has 0 saturated heterocycles. The number of hydrogen-bond donors (Lipinski definition) is 1. The number of carbonyl (C=O) groups is 1. The predicted octanol–water partition coefficient (Wildman–Crippen LogP) is 1.34. The van der Waals surface area contributed by atoms with Crippen LogP contribution in [0.3, 0.4) is 0 Å². The molecule has 0 aromatic carbocycles. The van der Waals surface area contributed by atoms with Gasteiger partial charge in [-0.2, -0.15) is 0 Å². The molecule has 17 heavy (non-hydrogen) atoms. The van der Waals surface area contributed by atoms with Crippen LogP contribution in [-0.2, 0) is 4.79 Å². The van der Waals surface area contributed by atoms with E-state index in [-0.39, 0.29) is 12.0 Å². The lowest BCUT2D eigenvalue weighted by Crippen LogP contribution is -2.40. The third kappa shape index (κ3) is 8.16. The second-order valence-corrected chi connectivity index (χ2v) is 4.76. The zero-order valence-electron chi connectivity index (χ0n) is 11.8. The second-order valence-electron chi connectivity index (χ2n) is 4.76. The van der Waals surface area contributed by atoms with Crippen LogP contribution in [0.1, 0.15) is 40.0 Å². The molecule has 4 nitrogen and oxygen atoms in total. The zero-order chi connectivity index (χ0) is 13.3. The van der Waals surface area contributed by atoms with Gasteiger partial charge in [-0.3, -0.25) is 9.69 Å². The highest BCUT2D eigenvalue weighted by atomic mass is 16.3. The lowest BCUT2D eigenvalue weighted by Gasteiger charge is -2.25. The molecule has 0 aromatic rings. The molecule has 0 bridgehead atoms. The Morgan fingerprint density at radius 3 is 2.12 bits per heavy atom. The minimum Gasteiger partial charge on any atom is -0.393 e. The van der Waals surface area contributed by atoms with Crippen molar-refractivity contribution in [3.8, 4) is 0 Å². The highest BCUT2D eigenvalue weighted by Crippen LogP contribution is 1.99. The SMILES string of the molecule is CCCN(CCC)C(=O)CN(C)CCC(C)O. The molecule has 0 rings (SSSR count). The number of amides is 1. The average molecular weight is 244 g/mol. The number of rotatable bonds is 9. The molecule has 1 atom stereocenters. The van der Waals surface area contributed by atoms with Crippen molar-refractivity contribution in [1.29, 1.82) is 0 Å². The van der Waals surface area contributed by atoms with Crippen LogP contribution in [0.4, 0.5) is 0 Å². The summed E-state index contributed by atoms with van der Waals surface area (Å²) in [5, 5.41) is 9.19. The van der Waals surface area contributed by atoms with Gasteiger partial charge in [-0.05, 0) is 33.2 Å². The van der Waals surface area contributed by atoms with Crippen LogP contribution < -0.4 is 0 Å². The van der Waals surface area contributed by atoms with E-state index in [0.717, 1.165) is 32.5 Å². The monoisotopic (exact) mass is 244 g/mol. The maximum absolute atomic E-state index is 12.0. The van der Waals surface area contributed by atoms with Gasteiger partial charge in [-0.25, -0.2) is 0 Å². The largest absolute Gasteiger partial charge is 0.393 e. The molecular weight excluding hydrogens is 216 g/mol. The summed E-state index contributed by atoms with van der Waals surface area (Å²) in [7, 11) is 1.93. The van der Waals surface area contributed by atoms with Gasteiger partial charge in [0.2, 0.25) is 5.91 Å². The van der Waals surface area contributed by atoms with E-state index in [4.69, 9.17) is 0 Å². The van der Waals surface area contributed by atoms with Gasteiger partial charge in [0.1, 0.15) is 0 Å². The van der Waals surface area contributed by atoms with Crippen molar-refractivity contribution in [3.63, 3.8) is 0 Å². The Bertz CT molecular complexity index is 202. The number of carbonyl (C=O) groups excluding carboxylic acids is 1. The van der Waals surface area contributed by atoms with E-state index in [9.17, 15) is 9.90 Å². The van der Waals surface area contributed by atoms with Crippen LogP contribution in [0.25, 0.3) is 0 Å². The molecule has 0 radical (unpaired) electrons. The highest BCUT2D eigenvalue weighted by Gasteiger charge is 2.14. The van der Waals surface area contributed by atoms with Crippen LogP contribution in [0.5, 0.6) is 0 Å². The van der Waals surface area contributed by atoms with Crippen molar-refractivity contribution in [2.45, 2.75) is 46.1 Å². The summed E-state index contributed by atoms with van der Waals surface area (Å²) in [6, 6.07) is 0. The number of hydrogen-bond acceptors (Lipinski definition) is 3. The Hall–Kier alpha value is -0.610. The van der Waals surface area contributed by atoms with E-state index in [1.165, 1.54) is 0 Å². The first-order chi connectivity index (χ1) is 8.01. The molecule has 1 amide bonds. The average Bonchev–Trinajstić information content (AvgIpc) is 2.26. The summed E-state index contributed by atoms with van der Waals surface area (Å²) < 4.78 is 0. The van der Waals surface area contributed by atoms with E-state index in [1.54, 1.807) is 6.92 Å². The van der Waals surface area contributed by atoms with Gasteiger partial charge in [0, 0.05) is 19.6 Å². The summed E-state index contributed by atoms with van der Waals surface area (Å²) >= 11 is 0.